The molecule has 0 spiro atoms. The van der Waals surface area contributed by atoms with Crippen LogP contribution in [0.1, 0.15) is 5.56 Å². The monoisotopic (exact) mass is 281 g/mol. The van der Waals surface area contributed by atoms with Gasteiger partial charge in [-0.25, -0.2) is 0 Å². The topological polar surface area (TPSA) is 71.5 Å². The van der Waals surface area contributed by atoms with E-state index in [1.54, 1.807) is 12.1 Å². The number of nitriles is 1. The fourth-order valence-electron chi connectivity index (χ4n) is 2.37. The van der Waals surface area contributed by atoms with Gasteiger partial charge in [0.1, 0.15) is 19.3 Å². The van der Waals surface area contributed by atoms with Gasteiger partial charge < -0.3 is 20.1 Å². The van der Waals surface area contributed by atoms with Crippen LogP contribution in [0.2, 0.25) is 0 Å². The zero-order chi connectivity index (χ0) is 14.8. The van der Waals surface area contributed by atoms with Crippen molar-refractivity contribution in [1.82, 2.24) is 0 Å². The van der Waals surface area contributed by atoms with Crippen LogP contribution in [0.25, 0.3) is 0 Å². The van der Waals surface area contributed by atoms with E-state index in [-0.39, 0.29) is 0 Å². The molecule has 106 valence electrons. The summed E-state index contributed by atoms with van der Waals surface area (Å²) < 4.78 is 11.1. The zero-order valence-electron chi connectivity index (χ0n) is 11.7. The molecule has 0 fully saturated rings. The Morgan fingerprint density at radius 3 is 2.48 bits per heavy atom. The first-order valence-electron chi connectivity index (χ1n) is 6.62. The van der Waals surface area contributed by atoms with Crippen LogP contribution in [0.3, 0.4) is 0 Å². The predicted octanol–water partition coefficient (Wildman–Crippen LogP) is 2.68. The highest BCUT2D eigenvalue weighted by atomic mass is 16.6. The second-order valence-electron chi connectivity index (χ2n) is 4.74. The summed E-state index contributed by atoms with van der Waals surface area (Å²) in [7, 11) is 1.87. The second kappa shape index (κ2) is 5.25. The number of nitrogens with two attached hydrogens (primary N) is 1. The average Bonchev–Trinajstić information content (AvgIpc) is 2.53. The minimum Gasteiger partial charge on any atom is -0.486 e. The molecule has 3 rings (SSSR count). The first-order chi connectivity index (χ1) is 10.2. The van der Waals surface area contributed by atoms with Crippen LogP contribution in [0.5, 0.6) is 11.5 Å². The van der Waals surface area contributed by atoms with E-state index in [0.29, 0.717) is 36.0 Å². The van der Waals surface area contributed by atoms with Crippen molar-refractivity contribution in [2.75, 3.05) is 30.9 Å². The highest BCUT2D eigenvalue weighted by Gasteiger charge is 2.18. The molecule has 0 bridgehead atoms. The van der Waals surface area contributed by atoms with Crippen molar-refractivity contribution in [3.63, 3.8) is 0 Å². The van der Waals surface area contributed by atoms with E-state index in [1.807, 2.05) is 36.2 Å². The van der Waals surface area contributed by atoms with Crippen molar-refractivity contribution >= 4 is 17.1 Å². The molecule has 2 aromatic rings. The second-order valence-corrected chi connectivity index (χ2v) is 4.74. The Hall–Kier alpha value is -2.87. The number of hydrogen-bond donors (Lipinski definition) is 1. The molecular formula is C16H15N3O2. The summed E-state index contributed by atoms with van der Waals surface area (Å²) in [6.07, 6.45) is 0. The van der Waals surface area contributed by atoms with Crippen molar-refractivity contribution in [3.05, 3.63) is 42.0 Å². The third-order valence-electron chi connectivity index (χ3n) is 3.44. The lowest BCUT2D eigenvalue weighted by atomic mass is 10.1. The van der Waals surface area contributed by atoms with E-state index in [2.05, 4.69) is 6.07 Å². The van der Waals surface area contributed by atoms with Gasteiger partial charge in [0.05, 0.1) is 22.6 Å². The van der Waals surface area contributed by atoms with Gasteiger partial charge in [0.25, 0.3) is 0 Å². The van der Waals surface area contributed by atoms with E-state index >= 15 is 0 Å². The van der Waals surface area contributed by atoms with Gasteiger partial charge in [0.2, 0.25) is 0 Å². The van der Waals surface area contributed by atoms with Gasteiger partial charge in [-0.15, -0.1) is 0 Å². The normalized spacial score (nSPS) is 12.6. The number of ether oxygens (including phenoxy) is 2. The highest BCUT2D eigenvalue weighted by Crippen LogP contribution is 2.40. The summed E-state index contributed by atoms with van der Waals surface area (Å²) in [5.41, 5.74) is 8.86. The van der Waals surface area contributed by atoms with E-state index in [1.165, 1.54) is 0 Å². The van der Waals surface area contributed by atoms with Crippen LogP contribution >= 0.6 is 0 Å². The minimum atomic E-state index is 0.523. The van der Waals surface area contributed by atoms with E-state index in [9.17, 15) is 5.26 Å². The first kappa shape index (κ1) is 13.1. The number of nitrogens with zero attached hydrogens (tertiary/aromatic N) is 2. The van der Waals surface area contributed by atoms with E-state index < -0.39 is 0 Å². The minimum absolute atomic E-state index is 0.523. The third kappa shape index (κ3) is 2.32. The maximum Gasteiger partial charge on any atom is 0.163 e. The number of nitrogen functional groups attached to an aromatic ring is 1. The molecule has 1 aliphatic heterocycles. The Morgan fingerprint density at radius 1 is 1.10 bits per heavy atom. The molecule has 2 N–H and O–H groups in total. The van der Waals surface area contributed by atoms with Crippen molar-refractivity contribution in [2.45, 2.75) is 0 Å². The van der Waals surface area contributed by atoms with Crippen molar-refractivity contribution < 1.29 is 9.47 Å². The molecule has 0 unspecified atom stereocenters. The van der Waals surface area contributed by atoms with Gasteiger partial charge in [-0.05, 0) is 12.1 Å². The summed E-state index contributed by atoms with van der Waals surface area (Å²) in [6.45, 7) is 1.05. The number of anilines is 3. The Bertz CT molecular complexity index is 722. The Balaban J connectivity index is 2.06. The predicted molar refractivity (Wildman–Crippen MR) is 81.1 cm³/mol. The Labute approximate surface area is 123 Å². The Morgan fingerprint density at radius 2 is 1.76 bits per heavy atom. The summed E-state index contributed by atoms with van der Waals surface area (Å²) in [5.74, 6) is 1.33. The van der Waals surface area contributed by atoms with Crippen LogP contribution in [0.4, 0.5) is 17.1 Å². The smallest absolute Gasteiger partial charge is 0.163 e. The number of fused-ring (bicyclic) bond motifs is 1. The molecule has 0 saturated heterocycles. The summed E-state index contributed by atoms with van der Waals surface area (Å²) in [5, 5.41) is 9.22. The molecule has 0 radical (unpaired) electrons. The lowest BCUT2D eigenvalue weighted by Gasteiger charge is -2.25. The van der Waals surface area contributed by atoms with Crippen LogP contribution in [-0.4, -0.2) is 20.3 Å². The molecule has 1 heterocycles. The van der Waals surface area contributed by atoms with Gasteiger partial charge in [0.15, 0.2) is 11.5 Å². The molecule has 2 aromatic carbocycles. The molecule has 0 atom stereocenters. The summed E-state index contributed by atoms with van der Waals surface area (Å²) in [6, 6.07) is 13.2. The van der Waals surface area contributed by atoms with Crippen LogP contribution in [0, 0.1) is 11.3 Å². The zero-order valence-corrected chi connectivity index (χ0v) is 11.7. The van der Waals surface area contributed by atoms with Gasteiger partial charge in [0, 0.05) is 19.2 Å². The first-order valence-corrected chi connectivity index (χ1v) is 6.62. The van der Waals surface area contributed by atoms with Gasteiger partial charge in [-0.2, -0.15) is 5.26 Å². The number of para-hydroxylation sites is 1. The number of rotatable bonds is 2. The van der Waals surface area contributed by atoms with Gasteiger partial charge in [-0.1, -0.05) is 12.1 Å². The van der Waals surface area contributed by atoms with Gasteiger partial charge in [-0.3, -0.25) is 0 Å². The van der Waals surface area contributed by atoms with Crippen LogP contribution in [0.15, 0.2) is 36.4 Å². The maximum absolute atomic E-state index is 9.22. The van der Waals surface area contributed by atoms with Crippen LogP contribution in [-0.2, 0) is 0 Å². The van der Waals surface area contributed by atoms with Crippen LogP contribution < -0.4 is 20.1 Å². The fraction of sp³-hybridized carbons (Fsp3) is 0.188. The molecule has 1 aliphatic rings. The molecule has 0 amide bonds. The summed E-state index contributed by atoms with van der Waals surface area (Å²) >= 11 is 0. The lowest BCUT2D eigenvalue weighted by Crippen LogP contribution is -2.18. The third-order valence-corrected chi connectivity index (χ3v) is 3.44. The molecular weight excluding hydrogens is 266 g/mol. The Kier molecular flexibility index (Phi) is 3.28. The fourth-order valence-corrected chi connectivity index (χ4v) is 2.37. The maximum atomic E-state index is 9.22. The number of hydrogen-bond acceptors (Lipinski definition) is 5. The van der Waals surface area contributed by atoms with Gasteiger partial charge >= 0.3 is 0 Å². The highest BCUT2D eigenvalue weighted by molar-refractivity contribution is 5.80. The molecule has 0 aromatic heterocycles. The number of benzene rings is 2. The van der Waals surface area contributed by atoms with E-state index in [0.717, 1.165) is 11.4 Å². The summed E-state index contributed by atoms with van der Waals surface area (Å²) in [4.78, 5) is 1.88. The van der Waals surface area contributed by atoms with Crippen molar-refractivity contribution in [2.24, 2.45) is 0 Å². The molecule has 5 heteroatoms. The largest absolute Gasteiger partial charge is 0.486 e. The standard InChI is InChI=1S/C16H15N3O2/c1-19(13-5-3-2-4-11(13)10-17)14-9-16-15(8-12(14)18)20-6-7-21-16/h2-5,8-9H,6-7,18H2,1H3. The lowest BCUT2D eigenvalue weighted by molar-refractivity contribution is 0.172. The van der Waals surface area contributed by atoms with Crippen molar-refractivity contribution in [3.8, 4) is 17.6 Å². The molecule has 5 nitrogen and oxygen atoms in total. The molecule has 21 heavy (non-hydrogen) atoms. The molecule has 0 aliphatic carbocycles. The molecule has 0 saturated carbocycles. The average molecular weight is 281 g/mol. The SMILES string of the molecule is CN(c1cc2c(cc1N)OCCO2)c1ccccc1C#N. The van der Waals surface area contributed by atoms with Crippen molar-refractivity contribution in [1.29, 1.82) is 5.26 Å². The van der Waals surface area contributed by atoms with E-state index in [4.69, 9.17) is 15.2 Å². The quantitative estimate of drug-likeness (QED) is 0.857.